The Morgan fingerprint density at radius 1 is 1.41 bits per heavy atom. The minimum Gasteiger partial charge on any atom is -0.506 e. The second-order valence-corrected chi connectivity index (χ2v) is 5.50. The molecule has 1 rings (SSSR count). The molecule has 0 bridgehead atoms. The van der Waals surface area contributed by atoms with Crippen LogP contribution in [-0.2, 0) is 10.0 Å². The highest BCUT2D eigenvalue weighted by Gasteiger charge is 2.12. The summed E-state index contributed by atoms with van der Waals surface area (Å²) in [7, 11) is -1.92. The summed E-state index contributed by atoms with van der Waals surface area (Å²) in [6.45, 7) is 1.92. The lowest BCUT2D eigenvalue weighted by atomic mass is 10.3. The lowest BCUT2D eigenvalue weighted by Crippen LogP contribution is -2.16. The van der Waals surface area contributed by atoms with Gasteiger partial charge in [0.15, 0.2) is 0 Å². The summed E-state index contributed by atoms with van der Waals surface area (Å²) in [5, 5.41) is 9.60. The predicted octanol–water partition coefficient (Wildman–Crippen LogP) is 1.94. The third-order valence-corrected chi connectivity index (χ3v) is 3.59. The summed E-state index contributed by atoms with van der Waals surface area (Å²) in [6, 6.07) is 4.41. The Bertz CT molecular complexity index is 470. The molecule has 0 saturated heterocycles. The molecule has 0 aromatic heterocycles. The number of hydrogen-bond acceptors (Lipinski definition) is 4. The van der Waals surface area contributed by atoms with Crippen LogP contribution in [0, 0.1) is 0 Å². The van der Waals surface area contributed by atoms with Gasteiger partial charge >= 0.3 is 0 Å². The quantitative estimate of drug-likeness (QED) is 0.765. The number of phenolic OH excluding ortho intramolecular Hbond substituents is 1. The number of benzene rings is 1. The van der Waals surface area contributed by atoms with Crippen molar-refractivity contribution in [2.45, 2.75) is 19.8 Å². The van der Waals surface area contributed by atoms with Gasteiger partial charge in [-0.15, -0.1) is 0 Å². The molecule has 5 nitrogen and oxygen atoms in total. The number of nitrogens with one attached hydrogen (secondary N) is 1. The molecule has 0 aliphatic carbocycles. The Labute approximate surface area is 101 Å². The number of aromatic hydroxyl groups is 1. The van der Waals surface area contributed by atoms with Crippen molar-refractivity contribution in [2.75, 3.05) is 17.6 Å². The monoisotopic (exact) mass is 259 g/mol. The maximum atomic E-state index is 11.6. The van der Waals surface area contributed by atoms with Gasteiger partial charge in [0.2, 0.25) is 10.0 Å². The average molecular weight is 259 g/mol. The molecule has 0 radical (unpaired) electrons. The summed E-state index contributed by atoms with van der Waals surface area (Å²) in [5.41, 5.74) is 0.168. The van der Waals surface area contributed by atoms with Crippen molar-refractivity contribution in [3.8, 4) is 11.5 Å². The van der Waals surface area contributed by atoms with Crippen LogP contribution in [0.5, 0.6) is 11.5 Å². The van der Waals surface area contributed by atoms with E-state index in [1.165, 1.54) is 19.2 Å². The molecule has 0 atom stereocenters. The van der Waals surface area contributed by atoms with Crippen molar-refractivity contribution < 1.29 is 18.3 Å². The minimum absolute atomic E-state index is 0.0506. The maximum absolute atomic E-state index is 11.6. The molecular formula is C11H17NO4S. The van der Waals surface area contributed by atoms with Crippen molar-refractivity contribution in [2.24, 2.45) is 0 Å². The van der Waals surface area contributed by atoms with E-state index in [0.29, 0.717) is 12.2 Å². The average Bonchev–Trinajstić information content (AvgIpc) is 2.29. The van der Waals surface area contributed by atoms with Gasteiger partial charge in [-0.3, -0.25) is 4.72 Å². The van der Waals surface area contributed by atoms with Gasteiger partial charge in [-0.2, -0.15) is 0 Å². The zero-order chi connectivity index (χ0) is 12.9. The molecule has 0 heterocycles. The number of unbranched alkanes of at least 4 members (excludes halogenated alkanes) is 1. The van der Waals surface area contributed by atoms with E-state index in [1.54, 1.807) is 6.07 Å². The van der Waals surface area contributed by atoms with Crippen LogP contribution in [0.15, 0.2) is 18.2 Å². The van der Waals surface area contributed by atoms with Crippen LogP contribution in [0.3, 0.4) is 0 Å². The molecule has 2 N–H and O–H groups in total. The molecule has 0 aliphatic rings. The van der Waals surface area contributed by atoms with E-state index in [0.717, 1.165) is 6.42 Å². The lowest BCUT2D eigenvalue weighted by Gasteiger charge is -2.10. The third kappa shape index (κ3) is 4.14. The van der Waals surface area contributed by atoms with Gasteiger partial charge in [0.1, 0.15) is 11.5 Å². The number of ether oxygens (including phenoxy) is 1. The Morgan fingerprint density at radius 3 is 2.65 bits per heavy atom. The van der Waals surface area contributed by atoms with Crippen LogP contribution < -0.4 is 9.46 Å². The van der Waals surface area contributed by atoms with Crippen molar-refractivity contribution in [3.05, 3.63) is 18.2 Å². The predicted molar refractivity (Wildman–Crippen MR) is 67.0 cm³/mol. The van der Waals surface area contributed by atoms with E-state index >= 15 is 0 Å². The number of rotatable bonds is 6. The first-order chi connectivity index (χ1) is 7.98. The van der Waals surface area contributed by atoms with E-state index in [9.17, 15) is 13.5 Å². The molecule has 0 saturated carbocycles. The molecular weight excluding hydrogens is 242 g/mol. The van der Waals surface area contributed by atoms with Gasteiger partial charge in [-0.05, 0) is 18.6 Å². The van der Waals surface area contributed by atoms with Crippen LogP contribution in [0.1, 0.15) is 19.8 Å². The zero-order valence-electron chi connectivity index (χ0n) is 9.93. The minimum atomic E-state index is -3.39. The first-order valence-electron chi connectivity index (χ1n) is 5.36. The molecule has 6 heteroatoms. The molecule has 0 aliphatic heterocycles. The van der Waals surface area contributed by atoms with Crippen LogP contribution in [0.25, 0.3) is 0 Å². The number of hydrogen-bond donors (Lipinski definition) is 2. The van der Waals surface area contributed by atoms with Gasteiger partial charge in [0.25, 0.3) is 0 Å². The van der Waals surface area contributed by atoms with E-state index in [-0.39, 0.29) is 17.2 Å². The number of methoxy groups -OCH3 is 1. The van der Waals surface area contributed by atoms with Gasteiger partial charge < -0.3 is 9.84 Å². The third-order valence-electron chi connectivity index (χ3n) is 2.24. The Kier molecular flexibility index (Phi) is 4.62. The van der Waals surface area contributed by atoms with Gasteiger partial charge in [0.05, 0.1) is 18.6 Å². The molecule has 96 valence electrons. The summed E-state index contributed by atoms with van der Waals surface area (Å²) < 4.78 is 30.5. The SMILES string of the molecule is CCCCS(=O)(=O)Nc1ccc(OC)cc1O. The van der Waals surface area contributed by atoms with E-state index in [4.69, 9.17) is 4.74 Å². The highest BCUT2D eigenvalue weighted by molar-refractivity contribution is 7.92. The van der Waals surface area contributed by atoms with Crippen molar-refractivity contribution >= 4 is 15.7 Å². The van der Waals surface area contributed by atoms with E-state index < -0.39 is 10.0 Å². The first-order valence-corrected chi connectivity index (χ1v) is 7.01. The van der Waals surface area contributed by atoms with Crippen LogP contribution in [-0.4, -0.2) is 26.4 Å². The highest BCUT2D eigenvalue weighted by atomic mass is 32.2. The highest BCUT2D eigenvalue weighted by Crippen LogP contribution is 2.28. The smallest absolute Gasteiger partial charge is 0.232 e. The molecule has 1 aromatic carbocycles. The fourth-order valence-electron chi connectivity index (χ4n) is 1.28. The first kappa shape index (κ1) is 13.6. The Hall–Kier alpha value is -1.43. The summed E-state index contributed by atoms with van der Waals surface area (Å²) >= 11 is 0. The second kappa shape index (κ2) is 5.77. The normalized spacial score (nSPS) is 11.2. The van der Waals surface area contributed by atoms with Crippen LogP contribution in [0.2, 0.25) is 0 Å². The largest absolute Gasteiger partial charge is 0.506 e. The van der Waals surface area contributed by atoms with Crippen LogP contribution in [0.4, 0.5) is 5.69 Å². The Morgan fingerprint density at radius 2 is 2.12 bits per heavy atom. The van der Waals surface area contributed by atoms with E-state index in [1.807, 2.05) is 6.92 Å². The number of sulfonamides is 1. The topological polar surface area (TPSA) is 75.6 Å². The summed E-state index contributed by atoms with van der Waals surface area (Å²) in [5.74, 6) is 0.373. The molecule has 0 unspecified atom stereocenters. The summed E-state index contributed by atoms with van der Waals surface area (Å²) in [4.78, 5) is 0. The standard InChI is InChI=1S/C11H17NO4S/c1-3-4-7-17(14,15)12-10-6-5-9(16-2)8-11(10)13/h5-6,8,12-13H,3-4,7H2,1-2H3. The van der Waals surface area contributed by atoms with E-state index in [2.05, 4.69) is 4.72 Å². The van der Waals surface area contributed by atoms with Crippen molar-refractivity contribution in [3.63, 3.8) is 0 Å². The Balaban J connectivity index is 2.81. The molecule has 1 aromatic rings. The summed E-state index contributed by atoms with van der Waals surface area (Å²) in [6.07, 6.45) is 1.39. The molecule has 0 amide bonds. The zero-order valence-corrected chi connectivity index (χ0v) is 10.8. The number of phenols is 1. The van der Waals surface area contributed by atoms with Crippen LogP contribution >= 0.6 is 0 Å². The fraction of sp³-hybridized carbons (Fsp3) is 0.455. The van der Waals surface area contributed by atoms with Gasteiger partial charge in [-0.25, -0.2) is 8.42 Å². The molecule has 17 heavy (non-hydrogen) atoms. The fourth-order valence-corrected chi connectivity index (χ4v) is 2.56. The second-order valence-electron chi connectivity index (χ2n) is 3.66. The van der Waals surface area contributed by atoms with Crippen molar-refractivity contribution in [1.29, 1.82) is 0 Å². The van der Waals surface area contributed by atoms with Crippen molar-refractivity contribution in [1.82, 2.24) is 0 Å². The molecule has 0 spiro atoms. The molecule has 0 fully saturated rings. The van der Waals surface area contributed by atoms with Gasteiger partial charge in [-0.1, -0.05) is 13.3 Å². The van der Waals surface area contributed by atoms with Gasteiger partial charge in [0, 0.05) is 6.07 Å². The number of anilines is 1. The maximum Gasteiger partial charge on any atom is 0.232 e. The lowest BCUT2D eigenvalue weighted by molar-refractivity contribution is 0.408.